The van der Waals surface area contributed by atoms with Gasteiger partial charge in [-0.05, 0) is 31.5 Å². The van der Waals surface area contributed by atoms with Crippen molar-refractivity contribution < 1.29 is 13.2 Å². The average molecular weight is 248 g/mol. The number of halogens is 3. The van der Waals surface area contributed by atoms with E-state index in [2.05, 4.69) is 15.1 Å². The summed E-state index contributed by atoms with van der Waals surface area (Å²) in [6, 6.07) is 1.07. The zero-order valence-electron chi connectivity index (χ0n) is 9.30. The molecule has 0 radical (unpaired) electrons. The first-order valence-electron chi connectivity index (χ1n) is 5.53. The van der Waals surface area contributed by atoms with Crippen LogP contribution in [0.4, 0.5) is 13.2 Å². The molecule has 0 bridgehead atoms. The van der Waals surface area contributed by atoms with Crippen molar-refractivity contribution in [1.82, 2.24) is 15.1 Å². The number of hydrogen-bond acceptors (Lipinski definition) is 3. The number of alkyl halides is 3. The first kappa shape index (κ1) is 12.4. The van der Waals surface area contributed by atoms with Gasteiger partial charge in [0.2, 0.25) is 0 Å². The third-order valence-corrected chi connectivity index (χ3v) is 3.02. The smallest absolute Gasteiger partial charge is 0.330 e. The Balaban J connectivity index is 1.94. The van der Waals surface area contributed by atoms with E-state index in [1.54, 1.807) is 0 Å². The molecule has 0 aliphatic carbocycles. The van der Waals surface area contributed by atoms with E-state index in [0.29, 0.717) is 24.7 Å². The Bertz CT molecular complexity index is 374. The maximum Gasteiger partial charge on any atom is 0.435 e. The van der Waals surface area contributed by atoms with Gasteiger partial charge in [0.1, 0.15) is 0 Å². The molecular formula is C10H15F3N4. The molecule has 0 saturated carbocycles. The summed E-state index contributed by atoms with van der Waals surface area (Å²) in [5, 5.41) is 5.70. The van der Waals surface area contributed by atoms with Gasteiger partial charge in [-0.2, -0.15) is 18.3 Å². The number of nitrogens with zero attached hydrogens (tertiary/aromatic N) is 2. The Kier molecular flexibility index (Phi) is 3.39. The first-order chi connectivity index (χ1) is 7.99. The van der Waals surface area contributed by atoms with E-state index in [-0.39, 0.29) is 0 Å². The molecule has 3 N–H and O–H groups in total. The first-order valence-corrected chi connectivity index (χ1v) is 5.53. The number of nitrogens with one attached hydrogen (secondary N) is 1. The van der Waals surface area contributed by atoms with Crippen LogP contribution < -0.4 is 5.73 Å². The second-order valence-electron chi connectivity index (χ2n) is 4.40. The summed E-state index contributed by atoms with van der Waals surface area (Å²) in [4.78, 5) is 2.09. The van der Waals surface area contributed by atoms with Crippen LogP contribution in [-0.4, -0.2) is 34.7 Å². The molecule has 1 aromatic rings. The molecule has 0 aromatic carbocycles. The summed E-state index contributed by atoms with van der Waals surface area (Å²) in [6.45, 7) is 2.83. The van der Waals surface area contributed by atoms with Crippen LogP contribution in [0, 0.1) is 5.92 Å². The highest BCUT2D eigenvalue weighted by molar-refractivity contribution is 5.11. The van der Waals surface area contributed by atoms with E-state index in [9.17, 15) is 13.2 Å². The Labute approximate surface area is 97.0 Å². The highest BCUT2D eigenvalue weighted by atomic mass is 19.4. The van der Waals surface area contributed by atoms with Crippen molar-refractivity contribution in [2.45, 2.75) is 19.1 Å². The summed E-state index contributed by atoms with van der Waals surface area (Å²) in [5.41, 5.74) is 5.19. The number of aromatic amines is 1. The van der Waals surface area contributed by atoms with Crippen molar-refractivity contribution in [3.8, 4) is 0 Å². The number of rotatable bonds is 3. The third-order valence-electron chi connectivity index (χ3n) is 3.02. The predicted molar refractivity (Wildman–Crippen MR) is 56.0 cm³/mol. The second kappa shape index (κ2) is 4.66. The van der Waals surface area contributed by atoms with Crippen LogP contribution in [0.3, 0.4) is 0 Å². The van der Waals surface area contributed by atoms with Crippen molar-refractivity contribution in [2.24, 2.45) is 11.7 Å². The van der Waals surface area contributed by atoms with E-state index < -0.39 is 11.9 Å². The fraction of sp³-hybridized carbons (Fsp3) is 0.700. The number of likely N-dealkylation sites (tertiary alicyclic amines) is 1. The Morgan fingerprint density at radius 1 is 1.53 bits per heavy atom. The molecule has 7 heteroatoms. The van der Waals surface area contributed by atoms with E-state index in [1.165, 1.54) is 0 Å². The third kappa shape index (κ3) is 2.98. The van der Waals surface area contributed by atoms with Gasteiger partial charge in [0.05, 0.1) is 0 Å². The summed E-state index contributed by atoms with van der Waals surface area (Å²) in [7, 11) is 0. The standard InChI is InChI=1S/C10H15F3N4/c11-10(12,13)9-3-8(15-16-9)6-17-2-1-7(4-14)5-17/h3,7H,1-2,4-6,14H2,(H,15,16). The summed E-state index contributed by atoms with van der Waals surface area (Å²) in [5.74, 6) is 0.458. The summed E-state index contributed by atoms with van der Waals surface area (Å²) >= 11 is 0. The maximum absolute atomic E-state index is 12.3. The van der Waals surface area contributed by atoms with Crippen LogP contribution in [0.1, 0.15) is 17.8 Å². The number of nitrogens with two attached hydrogens (primary N) is 1. The maximum atomic E-state index is 12.3. The molecule has 4 nitrogen and oxygen atoms in total. The van der Waals surface area contributed by atoms with Gasteiger partial charge < -0.3 is 5.73 Å². The van der Waals surface area contributed by atoms with Crippen LogP contribution in [-0.2, 0) is 12.7 Å². The molecule has 1 atom stereocenters. The Morgan fingerprint density at radius 2 is 2.29 bits per heavy atom. The summed E-state index contributed by atoms with van der Waals surface area (Å²) in [6.07, 6.45) is -3.36. The van der Waals surface area contributed by atoms with Crippen molar-refractivity contribution in [2.75, 3.05) is 19.6 Å². The van der Waals surface area contributed by atoms with Crippen LogP contribution in [0.5, 0.6) is 0 Å². The van der Waals surface area contributed by atoms with E-state index >= 15 is 0 Å². The molecule has 0 amide bonds. The van der Waals surface area contributed by atoms with Gasteiger partial charge in [0.25, 0.3) is 0 Å². The van der Waals surface area contributed by atoms with Gasteiger partial charge >= 0.3 is 6.18 Å². The number of hydrogen-bond donors (Lipinski definition) is 2. The van der Waals surface area contributed by atoms with Crippen molar-refractivity contribution in [3.63, 3.8) is 0 Å². The topological polar surface area (TPSA) is 57.9 Å². The fourth-order valence-corrected chi connectivity index (χ4v) is 2.08. The molecule has 0 spiro atoms. The molecule has 1 aromatic heterocycles. The van der Waals surface area contributed by atoms with Gasteiger partial charge in [-0.3, -0.25) is 10.00 Å². The largest absolute Gasteiger partial charge is 0.435 e. The number of aromatic nitrogens is 2. The SMILES string of the molecule is NCC1CCN(Cc2cc(C(F)(F)F)n[nH]2)C1. The lowest BCUT2D eigenvalue weighted by Gasteiger charge is -2.13. The van der Waals surface area contributed by atoms with Crippen LogP contribution >= 0.6 is 0 Å². The lowest BCUT2D eigenvalue weighted by atomic mass is 10.1. The zero-order valence-corrected chi connectivity index (χ0v) is 9.30. The normalized spacial score (nSPS) is 22.2. The fourth-order valence-electron chi connectivity index (χ4n) is 2.08. The summed E-state index contributed by atoms with van der Waals surface area (Å²) < 4.78 is 37.0. The molecule has 2 heterocycles. The minimum absolute atomic E-state index is 0.458. The average Bonchev–Trinajstić information content (AvgIpc) is 2.86. The van der Waals surface area contributed by atoms with Gasteiger partial charge in [0, 0.05) is 18.8 Å². The minimum atomic E-state index is -4.38. The molecule has 17 heavy (non-hydrogen) atoms. The monoisotopic (exact) mass is 248 g/mol. The quantitative estimate of drug-likeness (QED) is 0.845. The molecule has 1 saturated heterocycles. The highest BCUT2D eigenvalue weighted by Gasteiger charge is 2.34. The predicted octanol–water partition coefficient (Wildman–Crippen LogP) is 1.21. The van der Waals surface area contributed by atoms with Crippen LogP contribution in [0.2, 0.25) is 0 Å². The lowest BCUT2D eigenvalue weighted by molar-refractivity contribution is -0.141. The number of H-pyrrole nitrogens is 1. The Hall–Kier alpha value is -1.08. The molecule has 1 fully saturated rings. The molecule has 1 aliphatic heterocycles. The van der Waals surface area contributed by atoms with Crippen molar-refractivity contribution in [1.29, 1.82) is 0 Å². The minimum Gasteiger partial charge on any atom is -0.330 e. The zero-order chi connectivity index (χ0) is 12.5. The van der Waals surface area contributed by atoms with Crippen molar-refractivity contribution in [3.05, 3.63) is 17.5 Å². The molecular weight excluding hydrogens is 233 g/mol. The molecule has 1 aliphatic rings. The lowest BCUT2D eigenvalue weighted by Crippen LogP contribution is -2.22. The van der Waals surface area contributed by atoms with Crippen LogP contribution in [0.15, 0.2) is 6.07 Å². The van der Waals surface area contributed by atoms with Gasteiger partial charge in [-0.1, -0.05) is 0 Å². The molecule has 96 valence electrons. The van der Waals surface area contributed by atoms with E-state index in [4.69, 9.17) is 5.73 Å². The molecule has 1 unspecified atom stereocenters. The van der Waals surface area contributed by atoms with Gasteiger partial charge in [-0.25, -0.2) is 0 Å². The van der Waals surface area contributed by atoms with E-state index in [0.717, 1.165) is 25.6 Å². The van der Waals surface area contributed by atoms with Gasteiger partial charge in [-0.15, -0.1) is 0 Å². The van der Waals surface area contributed by atoms with Gasteiger partial charge in [0.15, 0.2) is 5.69 Å². The van der Waals surface area contributed by atoms with E-state index in [1.807, 2.05) is 0 Å². The van der Waals surface area contributed by atoms with Crippen molar-refractivity contribution >= 4 is 0 Å². The highest BCUT2D eigenvalue weighted by Crippen LogP contribution is 2.28. The Morgan fingerprint density at radius 3 is 2.82 bits per heavy atom. The van der Waals surface area contributed by atoms with Crippen LogP contribution in [0.25, 0.3) is 0 Å². The second-order valence-corrected chi connectivity index (χ2v) is 4.40. The molecule has 2 rings (SSSR count).